The summed E-state index contributed by atoms with van der Waals surface area (Å²) in [5, 5.41) is 1.17. The molecule has 6 heteroatoms. The highest BCUT2D eigenvalue weighted by Crippen LogP contribution is 2.44. The summed E-state index contributed by atoms with van der Waals surface area (Å²) in [6, 6.07) is 5.33. The topological polar surface area (TPSA) is 38.3 Å². The molecule has 4 heterocycles. The van der Waals surface area contributed by atoms with Crippen LogP contribution >= 0.6 is 15.9 Å². The van der Waals surface area contributed by atoms with Crippen LogP contribution in [0.25, 0.3) is 21.6 Å². The van der Waals surface area contributed by atoms with Crippen LogP contribution in [0.3, 0.4) is 0 Å². The molecule has 1 aromatic carbocycles. The van der Waals surface area contributed by atoms with Gasteiger partial charge in [-0.15, -0.1) is 0 Å². The molecule has 5 rings (SSSR count). The van der Waals surface area contributed by atoms with Crippen LogP contribution in [0.15, 0.2) is 16.6 Å². The van der Waals surface area contributed by atoms with E-state index in [-0.39, 0.29) is 6.04 Å². The Morgan fingerprint density at radius 1 is 1.00 bits per heavy atom. The molecule has 2 aromatic heterocycles. The van der Waals surface area contributed by atoms with Gasteiger partial charge in [-0.1, -0.05) is 15.9 Å². The lowest BCUT2D eigenvalue weighted by Gasteiger charge is -2.36. The van der Waals surface area contributed by atoms with E-state index in [4.69, 9.17) is 16.5 Å². The number of benzene rings is 1. The molecule has 0 saturated carbocycles. The van der Waals surface area contributed by atoms with Crippen LogP contribution in [-0.2, 0) is 0 Å². The summed E-state index contributed by atoms with van der Waals surface area (Å²) < 4.78 is 3.43. The number of fused-ring (bicyclic) bond motifs is 3. The van der Waals surface area contributed by atoms with E-state index in [1.807, 2.05) is 6.92 Å². The molecule has 0 aliphatic carbocycles. The normalized spacial score (nSPS) is 22.9. The second kappa shape index (κ2) is 7.34. The Morgan fingerprint density at radius 2 is 1.61 bits per heavy atom. The van der Waals surface area contributed by atoms with Gasteiger partial charge in [0.15, 0.2) is 5.65 Å². The molecular formula is C25H28BrN5. The molecule has 2 fully saturated rings. The van der Waals surface area contributed by atoms with Gasteiger partial charge >= 0.3 is 0 Å². The summed E-state index contributed by atoms with van der Waals surface area (Å²) in [5.74, 6) is 1.88. The summed E-state index contributed by atoms with van der Waals surface area (Å²) in [5.41, 5.74) is 7.12. The Bertz CT molecular complexity index is 1210. The number of aromatic nitrogens is 3. The summed E-state index contributed by atoms with van der Waals surface area (Å²) in [6.07, 6.45) is 4.22. The summed E-state index contributed by atoms with van der Waals surface area (Å²) >= 11 is 3.64. The van der Waals surface area contributed by atoms with Gasteiger partial charge < -0.3 is 9.74 Å². The monoisotopic (exact) mass is 477 g/mol. The number of hydrogen-bond acceptors (Lipinski definition) is 3. The van der Waals surface area contributed by atoms with Crippen molar-refractivity contribution in [2.75, 3.05) is 4.90 Å². The predicted octanol–water partition coefficient (Wildman–Crippen LogP) is 6.14. The van der Waals surface area contributed by atoms with E-state index in [0.29, 0.717) is 12.1 Å². The zero-order chi connectivity index (χ0) is 22.0. The number of piperidine rings is 1. The fourth-order valence-electron chi connectivity index (χ4n) is 5.86. The van der Waals surface area contributed by atoms with Gasteiger partial charge in [0.2, 0.25) is 6.04 Å². The molecule has 160 valence electrons. The second-order valence-electron chi connectivity index (χ2n) is 9.27. The predicted molar refractivity (Wildman–Crippen MR) is 129 cm³/mol. The third kappa shape index (κ3) is 3.09. The zero-order valence-corrected chi connectivity index (χ0v) is 20.4. The quantitative estimate of drug-likeness (QED) is 0.415. The second-order valence-corrected chi connectivity index (χ2v) is 10.2. The molecule has 31 heavy (non-hydrogen) atoms. The summed E-state index contributed by atoms with van der Waals surface area (Å²) in [4.78, 5) is 16.4. The molecule has 2 bridgehead atoms. The molecule has 2 aliphatic heterocycles. The summed E-state index contributed by atoms with van der Waals surface area (Å²) in [6.45, 7) is 18.3. The standard InChI is InChI=1S/C25H28BrN5/c1-13-9-18(26)10-14(2)23(13)30-16(4)15(3)22-24(30)28-17(5)29-25(22)31-20-7-8-21(31)12-19(11-20)27-6/h9-10,19-21H,7-8,11-12H2,1-5H3. The van der Waals surface area contributed by atoms with Crippen molar-refractivity contribution in [2.24, 2.45) is 0 Å². The van der Waals surface area contributed by atoms with Crippen LogP contribution < -0.4 is 4.90 Å². The highest BCUT2D eigenvalue weighted by molar-refractivity contribution is 9.10. The van der Waals surface area contributed by atoms with E-state index in [0.717, 1.165) is 47.4 Å². The molecule has 2 saturated heterocycles. The molecule has 2 unspecified atom stereocenters. The van der Waals surface area contributed by atoms with Crippen LogP contribution in [-0.4, -0.2) is 32.7 Å². The molecular weight excluding hydrogens is 450 g/mol. The highest BCUT2D eigenvalue weighted by Gasteiger charge is 2.45. The van der Waals surface area contributed by atoms with Crippen molar-refractivity contribution < 1.29 is 0 Å². The summed E-state index contributed by atoms with van der Waals surface area (Å²) in [7, 11) is 0. The molecule has 2 aliphatic rings. The molecule has 0 radical (unpaired) electrons. The minimum Gasteiger partial charge on any atom is -0.349 e. The maximum atomic E-state index is 7.53. The van der Waals surface area contributed by atoms with Crippen molar-refractivity contribution in [3.8, 4) is 5.69 Å². The van der Waals surface area contributed by atoms with E-state index < -0.39 is 0 Å². The fraction of sp³-hybridized carbons (Fsp3) is 0.480. The van der Waals surface area contributed by atoms with Crippen molar-refractivity contribution in [2.45, 2.75) is 78.4 Å². The Kier molecular flexibility index (Phi) is 4.86. The first-order chi connectivity index (χ1) is 14.8. The Morgan fingerprint density at radius 3 is 2.19 bits per heavy atom. The van der Waals surface area contributed by atoms with Gasteiger partial charge in [-0.05, 0) is 76.3 Å². The van der Waals surface area contributed by atoms with Crippen molar-refractivity contribution in [1.82, 2.24) is 14.5 Å². The van der Waals surface area contributed by atoms with Crippen LogP contribution in [0.2, 0.25) is 0 Å². The van der Waals surface area contributed by atoms with Crippen LogP contribution in [0.1, 0.15) is 53.9 Å². The smallest absolute Gasteiger partial charge is 0.227 e. The lowest BCUT2D eigenvalue weighted by atomic mass is 9.97. The molecule has 5 nitrogen and oxygen atoms in total. The van der Waals surface area contributed by atoms with Gasteiger partial charge in [-0.25, -0.2) is 16.5 Å². The maximum Gasteiger partial charge on any atom is 0.227 e. The molecule has 0 spiro atoms. The first kappa shape index (κ1) is 20.5. The van der Waals surface area contributed by atoms with Crippen LogP contribution in [0, 0.1) is 41.2 Å². The third-order valence-electron chi connectivity index (χ3n) is 7.26. The Labute approximate surface area is 192 Å². The molecule has 0 N–H and O–H groups in total. The average Bonchev–Trinajstić information content (AvgIpc) is 3.11. The number of halogens is 1. The number of anilines is 1. The van der Waals surface area contributed by atoms with Gasteiger partial charge in [-0.3, -0.25) is 4.57 Å². The van der Waals surface area contributed by atoms with Crippen molar-refractivity contribution in [1.29, 1.82) is 0 Å². The molecule has 3 aromatic rings. The minimum atomic E-state index is 0.160. The van der Waals surface area contributed by atoms with Crippen molar-refractivity contribution in [3.05, 3.63) is 56.2 Å². The number of nitrogens with zero attached hydrogens (tertiary/aromatic N) is 5. The van der Waals surface area contributed by atoms with E-state index in [1.54, 1.807) is 0 Å². The largest absolute Gasteiger partial charge is 0.349 e. The fourth-order valence-corrected chi connectivity index (χ4v) is 6.55. The van der Waals surface area contributed by atoms with Crippen molar-refractivity contribution >= 4 is 32.8 Å². The zero-order valence-electron chi connectivity index (χ0n) is 18.8. The van der Waals surface area contributed by atoms with Crippen LogP contribution in [0.4, 0.5) is 5.82 Å². The van der Waals surface area contributed by atoms with Gasteiger partial charge in [-0.2, -0.15) is 0 Å². The third-order valence-corrected chi connectivity index (χ3v) is 7.72. The van der Waals surface area contributed by atoms with E-state index in [1.165, 1.54) is 33.5 Å². The average molecular weight is 478 g/mol. The molecule has 2 atom stereocenters. The van der Waals surface area contributed by atoms with Gasteiger partial charge in [0.05, 0.1) is 11.1 Å². The van der Waals surface area contributed by atoms with Gasteiger partial charge in [0.25, 0.3) is 0 Å². The van der Waals surface area contributed by atoms with E-state index in [2.05, 4.69) is 70.1 Å². The van der Waals surface area contributed by atoms with E-state index in [9.17, 15) is 0 Å². The lowest BCUT2D eigenvalue weighted by Crippen LogP contribution is -2.44. The van der Waals surface area contributed by atoms with Gasteiger partial charge in [0, 0.05) is 35.1 Å². The lowest BCUT2D eigenvalue weighted by molar-refractivity contribution is 0.445. The maximum absolute atomic E-state index is 7.53. The highest BCUT2D eigenvalue weighted by atomic mass is 79.9. The number of hydrogen-bond donors (Lipinski definition) is 0. The van der Waals surface area contributed by atoms with Crippen molar-refractivity contribution in [3.63, 3.8) is 0 Å². The minimum absolute atomic E-state index is 0.160. The first-order valence-electron chi connectivity index (χ1n) is 11.1. The Hall–Kier alpha value is -2.39. The van der Waals surface area contributed by atoms with Gasteiger partial charge in [0.1, 0.15) is 11.6 Å². The van der Waals surface area contributed by atoms with E-state index >= 15 is 0 Å². The van der Waals surface area contributed by atoms with Crippen LogP contribution in [0.5, 0.6) is 0 Å². The SMILES string of the molecule is [C-]#[N+]C1CC2CCC(C1)N2c1nc(C)nc2c1c(C)c(C)n2-c1c(C)cc(Br)cc1C. The number of rotatable bonds is 2. The molecule has 0 amide bonds. The number of aryl methyl sites for hydroxylation is 4. The first-order valence-corrected chi connectivity index (χ1v) is 11.9. The Balaban J connectivity index is 1.76.